The average molecular weight is 473 g/mol. The predicted molar refractivity (Wildman–Crippen MR) is 137 cm³/mol. The van der Waals surface area contributed by atoms with Crippen molar-refractivity contribution < 1.29 is 4.79 Å². The Bertz CT molecular complexity index is 1170. The summed E-state index contributed by atoms with van der Waals surface area (Å²) in [6, 6.07) is 19.5. The molecule has 0 aliphatic heterocycles. The van der Waals surface area contributed by atoms with Crippen molar-refractivity contribution in [2.45, 2.75) is 38.0 Å². The Hall–Kier alpha value is -3.05. The first-order valence-electron chi connectivity index (χ1n) is 12.3. The number of hydrogen-bond donors (Lipinski definition) is 2. The third-order valence-electron chi connectivity index (χ3n) is 8.03. The molecule has 1 aromatic heterocycles. The first-order chi connectivity index (χ1) is 16.6. The number of urea groups is 1. The number of rotatable bonds is 5. The van der Waals surface area contributed by atoms with Crippen molar-refractivity contribution in [2.75, 3.05) is 5.32 Å². The largest absolute Gasteiger partial charge is 0.339 e. The van der Waals surface area contributed by atoms with E-state index in [2.05, 4.69) is 28.0 Å². The Morgan fingerprint density at radius 2 is 1.59 bits per heavy atom. The summed E-state index contributed by atoms with van der Waals surface area (Å²) in [7, 11) is 0. The van der Waals surface area contributed by atoms with E-state index in [1.165, 1.54) is 37.7 Å². The van der Waals surface area contributed by atoms with Gasteiger partial charge in [0.05, 0.1) is 11.9 Å². The van der Waals surface area contributed by atoms with Gasteiger partial charge in [-0.05, 0) is 116 Å². The number of halogens is 1. The Morgan fingerprint density at radius 3 is 2.26 bits per heavy atom. The summed E-state index contributed by atoms with van der Waals surface area (Å²) in [6.45, 7) is 0. The van der Waals surface area contributed by atoms with Gasteiger partial charge in [0.1, 0.15) is 0 Å². The molecule has 4 aliphatic rings. The van der Waals surface area contributed by atoms with E-state index in [9.17, 15) is 4.79 Å². The normalized spacial score (nSPS) is 27.3. The van der Waals surface area contributed by atoms with Crippen LogP contribution in [-0.2, 0) is 0 Å². The molecule has 1 heterocycles. The molecule has 0 saturated heterocycles. The quantitative estimate of drug-likeness (QED) is 0.310. The van der Waals surface area contributed by atoms with Gasteiger partial charge in [0, 0.05) is 22.6 Å². The van der Waals surface area contributed by atoms with E-state index in [-0.39, 0.29) is 6.03 Å². The molecule has 2 N–H and O–H groups in total. The van der Waals surface area contributed by atoms with Crippen LogP contribution in [0.15, 0.2) is 72.0 Å². The van der Waals surface area contributed by atoms with Gasteiger partial charge in [-0.3, -0.25) is 0 Å². The number of hydrazone groups is 1. The van der Waals surface area contributed by atoms with Crippen LogP contribution in [0.5, 0.6) is 0 Å². The number of benzene rings is 2. The minimum absolute atomic E-state index is 0.358. The molecular formula is C28H29ClN4O. The van der Waals surface area contributed by atoms with Crippen LogP contribution in [0.1, 0.15) is 49.3 Å². The van der Waals surface area contributed by atoms with E-state index < -0.39 is 0 Å². The number of amides is 2. The molecule has 2 amide bonds. The maximum Gasteiger partial charge on any atom is 0.339 e. The minimum Gasteiger partial charge on any atom is -0.316 e. The molecule has 34 heavy (non-hydrogen) atoms. The summed E-state index contributed by atoms with van der Waals surface area (Å²) in [4.78, 5) is 12.4. The number of aromatic nitrogens is 1. The third-order valence-corrected chi connectivity index (χ3v) is 8.28. The second kappa shape index (κ2) is 8.95. The highest BCUT2D eigenvalue weighted by atomic mass is 35.5. The number of nitrogens with zero attached hydrogens (tertiary/aromatic N) is 2. The SMILES string of the molecule is O=C(N/N=C/c1cccn1-c1ccc(Cl)cc1)Nc1ccc(C2C3CC4CC(C3)CC2C4)cc1. The van der Waals surface area contributed by atoms with E-state index >= 15 is 0 Å². The molecule has 4 bridgehead atoms. The fraction of sp³-hybridized carbons (Fsp3) is 0.357. The molecule has 2 aromatic carbocycles. The Kier molecular flexibility index (Phi) is 5.66. The summed E-state index contributed by atoms with van der Waals surface area (Å²) in [6.07, 6.45) is 10.7. The lowest BCUT2D eigenvalue weighted by molar-refractivity contribution is -0.00277. The summed E-state index contributed by atoms with van der Waals surface area (Å²) in [5.74, 6) is 4.40. The number of anilines is 1. The third kappa shape index (κ3) is 4.25. The van der Waals surface area contributed by atoms with Gasteiger partial charge in [-0.25, -0.2) is 10.2 Å². The zero-order chi connectivity index (χ0) is 23.1. The van der Waals surface area contributed by atoms with Crippen LogP contribution in [0.3, 0.4) is 0 Å². The van der Waals surface area contributed by atoms with Crippen LogP contribution < -0.4 is 10.7 Å². The molecule has 174 valence electrons. The average Bonchev–Trinajstić information content (AvgIpc) is 3.28. The van der Waals surface area contributed by atoms with Crippen molar-refractivity contribution in [1.82, 2.24) is 9.99 Å². The number of hydrogen-bond acceptors (Lipinski definition) is 2. The molecule has 0 spiro atoms. The van der Waals surface area contributed by atoms with E-state index in [0.29, 0.717) is 10.9 Å². The summed E-state index contributed by atoms with van der Waals surface area (Å²) in [5.41, 5.74) is 6.61. The lowest BCUT2D eigenvalue weighted by Gasteiger charge is -2.54. The van der Waals surface area contributed by atoms with Crippen LogP contribution in [0.25, 0.3) is 5.69 Å². The molecule has 5 nitrogen and oxygen atoms in total. The van der Waals surface area contributed by atoms with E-state index in [4.69, 9.17) is 11.6 Å². The van der Waals surface area contributed by atoms with Gasteiger partial charge < -0.3 is 9.88 Å². The zero-order valence-electron chi connectivity index (χ0n) is 19.0. The van der Waals surface area contributed by atoms with Crippen LogP contribution in [0.4, 0.5) is 10.5 Å². The molecule has 4 fully saturated rings. The smallest absolute Gasteiger partial charge is 0.316 e. The molecular weight excluding hydrogens is 444 g/mol. The highest BCUT2D eigenvalue weighted by Crippen LogP contribution is 2.59. The maximum absolute atomic E-state index is 12.4. The molecule has 4 aliphatic carbocycles. The van der Waals surface area contributed by atoms with E-state index in [1.54, 1.807) is 6.21 Å². The van der Waals surface area contributed by atoms with Crippen molar-refractivity contribution in [3.63, 3.8) is 0 Å². The van der Waals surface area contributed by atoms with E-state index in [1.807, 2.05) is 59.3 Å². The number of nitrogens with one attached hydrogen (secondary N) is 2. The molecule has 0 unspecified atom stereocenters. The van der Waals surface area contributed by atoms with Crippen LogP contribution in [0.2, 0.25) is 5.02 Å². The Morgan fingerprint density at radius 1 is 0.912 bits per heavy atom. The van der Waals surface area contributed by atoms with Gasteiger partial charge >= 0.3 is 6.03 Å². The highest BCUT2D eigenvalue weighted by Gasteiger charge is 2.48. The van der Waals surface area contributed by atoms with Gasteiger partial charge in [0.15, 0.2) is 0 Å². The fourth-order valence-corrected chi connectivity index (χ4v) is 7.04. The summed E-state index contributed by atoms with van der Waals surface area (Å²) in [5, 5.41) is 7.69. The molecule has 0 radical (unpaired) electrons. The molecule has 7 rings (SSSR count). The fourth-order valence-electron chi connectivity index (χ4n) is 6.91. The summed E-state index contributed by atoms with van der Waals surface area (Å²) >= 11 is 5.98. The van der Waals surface area contributed by atoms with Crippen LogP contribution in [-0.4, -0.2) is 16.8 Å². The molecule has 3 aromatic rings. The first-order valence-corrected chi connectivity index (χ1v) is 12.6. The highest BCUT2D eigenvalue weighted by molar-refractivity contribution is 6.30. The van der Waals surface area contributed by atoms with Gasteiger partial charge in [0.2, 0.25) is 0 Å². The predicted octanol–water partition coefficient (Wildman–Crippen LogP) is 6.83. The van der Waals surface area contributed by atoms with Gasteiger partial charge in [-0.1, -0.05) is 23.7 Å². The molecule has 4 saturated carbocycles. The Labute approximate surface area is 205 Å². The number of carbonyl (C=O) groups is 1. The lowest BCUT2D eigenvalue weighted by Crippen LogP contribution is -2.43. The molecule has 0 atom stereocenters. The molecule has 6 heteroatoms. The van der Waals surface area contributed by atoms with Gasteiger partial charge in [-0.2, -0.15) is 5.10 Å². The van der Waals surface area contributed by atoms with Crippen LogP contribution >= 0.6 is 11.6 Å². The van der Waals surface area contributed by atoms with Crippen molar-refractivity contribution in [2.24, 2.45) is 28.8 Å². The first kappa shape index (κ1) is 21.5. The number of carbonyl (C=O) groups excluding carboxylic acids is 1. The van der Waals surface area contributed by atoms with Crippen LogP contribution in [0, 0.1) is 23.7 Å². The van der Waals surface area contributed by atoms with Crippen molar-refractivity contribution in [3.8, 4) is 5.69 Å². The van der Waals surface area contributed by atoms with E-state index in [0.717, 1.165) is 40.7 Å². The van der Waals surface area contributed by atoms with Crippen molar-refractivity contribution >= 4 is 29.5 Å². The van der Waals surface area contributed by atoms with Crippen molar-refractivity contribution in [3.05, 3.63) is 83.1 Å². The zero-order valence-corrected chi connectivity index (χ0v) is 19.8. The Balaban J connectivity index is 1.06. The maximum atomic E-state index is 12.4. The second-order valence-corrected chi connectivity index (χ2v) is 10.6. The monoisotopic (exact) mass is 472 g/mol. The summed E-state index contributed by atoms with van der Waals surface area (Å²) < 4.78 is 1.97. The van der Waals surface area contributed by atoms with Crippen molar-refractivity contribution in [1.29, 1.82) is 0 Å². The standard InChI is InChI=1S/C28H29ClN4O/c29-23-5-9-25(10-6-23)33-11-1-2-26(33)17-30-32-28(34)31-24-7-3-20(4-8-24)27-21-13-18-12-19(15-21)16-22(27)14-18/h1-11,17-19,21-22,27H,12-16H2,(H2,31,32,34)/b30-17+. The van der Waals surface area contributed by atoms with Gasteiger partial charge in [0.25, 0.3) is 0 Å². The topological polar surface area (TPSA) is 58.4 Å². The lowest BCUT2D eigenvalue weighted by atomic mass is 9.51. The minimum atomic E-state index is -0.358. The van der Waals surface area contributed by atoms with Gasteiger partial charge in [-0.15, -0.1) is 0 Å². The second-order valence-electron chi connectivity index (χ2n) is 10.2.